The van der Waals surface area contributed by atoms with Crippen molar-refractivity contribution in [2.45, 2.75) is 11.6 Å². The molecule has 0 saturated carbocycles. The van der Waals surface area contributed by atoms with E-state index >= 15 is 0 Å². The molecule has 0 bridgehead atoms. The molecule has 1 aromatic carbocycles. The number of nitrogens with zero attached hydrogens (tertiary/aromatic N) is 2. The first kappa shape index (κ1) is 15.6. The van der Waals surface area contributed by atoms with Gasteiger partial charge in [0.25, 0.3) is 10.0 Å². The molecule has 0 radical (unpaired) electrons. The molecule has 2 heterocycles. The van der Waals surface area contributed by atoms with Crippen molar-refractivity contribution in [1.82, 2.24) is 9.29 Å². The van der Waals surface area contributed by atoms with Gasteiger partial charge in [0.2, 0.25) is 0 Å². The second-order valence-corrected chi connectivity index (χ2v) is 6.88. The van der Waals surface area contributed by atoms with Gasteiger partial charge >= 0.3 is 0 Å². The Labute approximate surface area is 134 Å². The molecule has 1 aliphatic rings. The van der Waals surface area contributed by atoms with E-state index in [0.29, 0.717) is 11.5 Å². The van der Waals surface area contributed by atoms with Gasteiger partial charge in [0.15, 0.2) is 16.5 Å². The lowest BCUT2D eigenvalue weighted by Crippen LogP contribution is -2.33. The van der Waals surface area contributed by atoms with Crippen LogP contribution in [0.2, 0.25) is 0 Å². The van der Waals surface area contributed by atoms with Crippen LogP contribution in [0.5, 0.6) is 17.2 Å². The van der Waals surface area contributed by atoms with Gasteiger partial charge in [-0.3, -0.25) is 0 Å². The lowest BCUT2D eigenvalue weighted by atomic mass is 10.2. The predicted molar refractivity (Wildman–Crippen MR) is 82.0 cm³/mol. The Balaban J connectivity index is 1.96. The topological polar surface area (TPSA) is 89.0 Å². The zero-order valence-electron chi connectivity index (χ0n) is 12.5. The maximum absolute atomic E-state index is 12.7. The Morgan fingerprint density at radius 2 is 2.13 bits per heavy atom. The number of benzene rings is 1. The van der Waals surface area contributed by atoms with Gasteiger partial charge in [0, 0.05) is 18.7 Å². The van der Waals surface area contributed by atoms with Gasteiger partial charge in [-0.05, 0) is 18.2 Å². The van der Waals surface area contributed by atoms with Gasteiger partial charge in [-0.2, -0.15) is 4.31 Å². The van der Waals surface area contributed by atoms with Crippen molar-refractivity contribution < 1.29 is 23.0 Å². The van der Waals surface area contributed by atoms with Gasteiger partial charge in [-0.25, -0.2) is 13.4 Å². The summed E-state index contributed by atoms with van der Waals surface area (Å²) >= 11 is 0. The van der Waals surface area contributed by atoms with E-state index < -0.39 is 10.0 Å². The highest BCUT2D eigenvalue weighted by Gasteiger charge is 2.29. The molecule has 122 valence electrons. The first-order valence-electron chi connectivity index (χ1n) is 6.96. The SMILES string of the molecule is COc1cccc2c1OCCN(S(=O)(=O)c1ccc(O)cn1)C2. The maximum atomic E-state index is 12.7. The summed E-state index contributed by atoms with van der Waals surface area (Å²) in [4.78, 5) is 3.80. The number of rotatable bonds is 3. The third kappa shape index (κ3) is 2.95. The molecule has 0 aliphatic carbocycles. The molecule has 7 nitrogen and oxygen atoms in total. The van der Waals surface area contributed by atoms with E-state index in [1.807, 2.05) is 0 Å². The number of para-hydroxylation sites is 1. The zero-order valence-corrected chi connectivity index (χ0v) is 13.3. The van der Waals surface area contributed by atoms with E-state index in [1.54, 1.807) is 25.3 Å². The summed E-state index contributed by atoms with van der Waals surface area (Å²) in [6.07, 6.45) is 1.11. The summed E-state index contributed by atoms with van der Waals surface area (Å²) in [5, 5.41) is 9.15. The number of sulfonamides is 1. The van der Waals surface area contributed by atoms with Gasteiger partial charge < -0.3 is 14.6 Å². The van der Waals surface area contributed by atoms with Crippen LogP contribution in [-0.4, -0.2) is 43.1 Å². The number of hydrogen-bond acceptors (Lipinski definition) is 6. The number of pyridine rings is 1. The monoisotopic (exact) mass is 336 g/mol. The molecule has 1 aliphatic heterocycles. The van der Waals surface area contributed by atoms with Crippen molar-refractivity contribution in [3.8, 4) is 17.2 Å². The lowest BCUT2D eigenvalue weighted by molar-refractivity contribution is 0.279. The third-order valence-electron chi connectivity index (χ3n) is 3.54. The van der Waals surface area contributed by atoms with Gasteiger partial charge in [0.1, 0.15) is 12.4 Å². The molecule has 23 heavy (non-hydrogen) atoms. The van der Waals surface area contributed by atoms with Crippen molar-refractivity contribution in [3.63, 3.8) is 0 Å². The zero-order chi connectivity index (χ0) is 16.4. The molecule has 3 rings (SSSR count). The van der Waals surface area contributed by atoms with Crippen LogP contribution < -0.4 is 9.47 Å². The Bertz CT molecular complexity index is 805. The summed E-state index contributed by atoms with van der Waals surface area (Å²) in [5.74, 6) is 1.05. The minimum atomic E-state index is -3.77. The van der Waals surface area contributed by atoms with Crippen LogP contribution in [0.4, 0.5) is 0 Å². The van der Waals surface area contributed by atoms with Crippen LogP contribution in [-0.2, 0) is 16.6 Å². The number of hydrogen-bond donors (Lipinski definition) is 1. The van der Waals surface area contributed by atoms with Crippen LogP contribution in [0.15, 0.2) is 41.6 Å². The summed E-state index contributed by atoms with van der Waals surface area (Å²) in [6.45, 7) is 0.574. The van der Waals surface area contributed by atoms with E-state index in [-0.39, 0.29) is 30.5 Å². The molecule has 0 saturated heterocycles. The van der Waals surface area contributed by atoms with Crippen LogP contribution in [0.3, 0.4) is 0 Å². The maximum Gasteiger partial charge on any atom is 0.260 e. The van der Waals surface area contributed by atoms with Crippen molar-refractivity contribution in [2.24, 2.45) is 0 Å². The Morgan fingerprint density at radius 1 is 1.30 bits per heavy atom. The summed E-state index contributed by atoms with van der Waals surface area (Å²) < 4.78 is 37.6. The van der Waals surface area contributed by atoms with E-state index in [0.717, 1.165) is 11.8 Å². The molecule has 8 heteroatoms. The summed E-state index contributed by atoms with van der Waals surface area (Å²) in [7, 11) is -2.23. The van der Waals surface area contributed by atoms with Crippen molar-refractivity contribution in [3.05, 3.63) is 42.1 Å². The number of methoxy groups -OCH3 is 1. The molecule has 0 amide bonds. The molecule has 0 fully saturated rings. The largest absolute Gasteiger partial charge is 0.506 e. The van der Waals surface area contributed by atoms with Crippen LogP contribution in [0, 0.1) is 0 Å². The van der Waals surface area contributed by atoms with Crippen LogP contribution in [0.1, 0.15) is 5.56 Å². The van der Waals surface area contributed by atoms with Gasteiger partial charge in [-0.15, -0.1) is 0 Å². The standard InChI is InChI=1S/C15H16N2O5S/c1-21-13-4-2-3-11-10-17(7-8-22-15(11)13)23(19,20)14-6-5-12(18)9-16-14/h2-6,9,18H,7-8,10H2,1H3. The number of aromatic hydroxyl groups is 1. The van der Waals surface area contributed by atoms with E-state index in [4.69, 9.17) is 9.47 Å². The molecule has 0 atom stereocenters. The smallest absolute Gasteiger partial charge is 0.260 e. The summed E-state index contributed by atoms with van der Waals surface area (Å²) in [6, 6.07) is 7.94. The highest BCUT2D eigenvalue weighted by molar-refractivity contribution is 7.89. The second kappa shape index (κ2) is 6.05. The van der Waals surface area contributed by atoms with Crippen LogP contribution >= 0.6 is 0 Å². The van der Waals surface area contributed by atoms with Gasteiger partial charge in [0.05, 0.1) is 13.3 Å². The third-order valence-corrected chi connectivity index (χ3v) is 5.30. The average Bonchev–Trinajstić information content (AvgIpc) is 2.77. The predicted octanol–water partition coefficient (Wildman–Crippen LogP) is 1.38. The Morgan fingerprint density at radius 3 is 2.83 bits per heavy atom. The van der Waals surface area contributed by atoms with Crippen LogP contribution in [0.25, 0.3) is 0 Å². The van der Waals surface area contributed by atoms with E-state index in [9.17, 15) is 13.5 Å². The Hall–Kier alpha value is -2.32. The molecule has 2 aromatic rings. The Kier molecular flexibility index (Phi) is 4.10. The highest BCUT2D eigenvalue weighted by Crippen LogP contribution is 2.34. The van der Waals surface area contributed by atoms with Crippen molar-refractivity contribution >= 4 is 10.0 Å². The fourth-order valence-electron chi connectivity index (χ4n) is 2.39. The number of fused-ring (bicyclic) bond motifs is 1. The van der Waals surface area contributed by atoms with E-state index in [1.165, 1.54) is 16.4 Å². The fraction of sp³-hybridized carbons (Fsp3) is 0.267. The fourth-order valence-corrected chi connectivity index (χ4v) is 3.71. The first-order chi connectivity index (χ1) is 11.0. The molecular formula is C15H16N2O5S. The van der Waals surface area contributed by atoms with Gasteiger partial charge in [-0.1, -0.05) is 12.1 Å². The average molecular weight is 336 g/mol. The molecule has 0 spiro atoms. The van der Waals surface area contributed by atoms with Crippen molar-refractivity contribution in [1.29, 1.82) is 0 Å². The number of aromatic nitrogens is 1. The highest BCUT2D eigenvalue weighted by atomic mass is 32.2. The molecule has 1 aromatic heterocycles. The molecule has 1 N–H and O–H groups in total. The lowest BCUT2D eigenvalue weighted by Gasteiger charge is -2.18. The quantitative estimate of drug-likeness (QED) is 0.911. The van der Waals surface area contributed by atoms with Crippen molar-refractivity contribution in [2.75, 3.05) is 20.3 Å². The van der Waals surface area contributed by atoms with E-state index in [2.05, 4.69) is 4.98 Å². The second-order valence-electron chi connectivity index (χ2n) is 4.99. The summed E-state index contributed by atoms with van der Waals surface area (Å²) in [5.41, 5.74) is 0.726. The first-order valence-corrected chi connectivity index (χ1v) is 8.40. The minimum absolute atomic E-state index is 0.0850. The number of ether oxygens (including phenoxy) is 2. The molecular weight excluding hydrogens is 320 g/mol. The molecule has 0 unspecified atom stereocenters. The normalized spacial score (nSPS) is 15.3. The minimum Gasteiger partial charge on any atom is -0.506 e.